The topological polar surface area (TPSA) is 69.2 Å². The number of nitrogens with zero attached hydrogens (tertiary/aromatic N) is 2. The Bertz CT molecular complexity index is 625. The molecule has 1 unspecified atom stereocenters. The van der Waals surface area contributed by atoms with Crippen molar-refractivity contribution in [1.82, 2.24) is 14.9 Å². The first-order valence-corrected chi connectivity index (χ1v) is 7.82. The lowest BCUT2D eigenvalue weighted by atomic mass is 9.95. The molecule has 0 spiro atoms. The maximum atomic E-state index is 12.5. The van der Waals surface area contributed by atoms with E-state index in [0.717, 1.165) is 44.2 Å². The number of likely N-dealkylation sites (tertiary alicyclic amines) is 1. The highest BCUT2D eigenvalue weighted by Gasteiger charge is 2.28. The van der Waals surface area contributed by atoms with Crippen LogP contribution in [0.4, 0.5) is 0 Å². The van der Waals surface area contributed by atoms with Crippen LogP contribution in [0.15, 0.2) is 36.7 Å². The molecule has 2 aromatic rings. The summed E-state index contributed by atoms with van der Waals surface area (Å²) in [5.41, 5.74) is 1.11. The zero-order valence-electron chi connectivity index (χ0n) is 12.5. The second-order valence-electron chi connectivity index (χ2n) is 5.79. The number of carbonyl (C=O) groups excluding carboxylic acids is 1. The van der Waals surface area contributed by atoms with Crippen LogP contribution in [-0.2, 0) is 6.42 Å². The number of phenolic OH excluding ortho intramolecular Hbond substituents is 1. The van der Waals surface area contributed by atoms with Crippen molar-refractivity contribution >= 4 is 5.91 Å². The normalized spacial score (nSPS) is 18.4. The van der Waals surface area contributed by atoms with Crippen LogP contribution in [0, 0.1) is 0 Å². The lowest BCUT2D eigenvalue weighted by Crippen LogP contribution is -2.44. The molecule has 1 fully saturated rings. The molecule has 116 valence electrons. The molecule has 1 aromatic heterocycles. The molecule has 1 amide bonds. The average Bonchev–Trinajstić information content (AvgIpc) is 3.07. The number of phenols is 1. The minimum absolute atomic E-state index is 0.00870. The number of benzene rings is 1. The summed E-state index contributed by atoms with van der Waals surface area (Å²) in [6, 6.07) is 7.59. The second-order valence-corrected chi connectivity index (χ2v) is 5.79. The number of aromatic amines is 1. The minimum atomic E-state index is -0.00870. The monoisotopic (exact) mass is 299 g/mol. The van der Waals surface area contributed by atoms with Crippen LogP contribution < -0.4 is 0 Å². The number of nitrogens with one attached hydrogen (secondary N) is 1. The molecule has 1 saturated heterocycles. The van der Waals surface area contributed by atoms with E-state index in [4.69, 9.17) is 0 Å². The standard InChI is InChI=1S/C17H21N3O2/c21-15-6-3-4-13(12-15)7-8-14-5-1-2-11-20(14)17(22)16-18-9-10-19-16/h3-4,6,9-10,12,14,21H,1-2,5,7-8,11H2,(H,18,19). The summed E-state index contributed by atoms with van der Waals surface area (Å²) in [7, 11) is 0. The van der Waals surface area contributed by atoms with Crippen LogP contribution in [0.5, 0.6) is 5.75 Å². The predicted octanol–water partition coefficient (Wildman–Crippen LogP) is 2.74. The molecule has 0 saturated carbocycles. The smallest absolute Gasteiger partial charge is 0.289 e. The molecule has 22 heavy (non-hydrogen) atoms. The Kier molecular flexibility index (Phi) is 4.42. The number of hydrogen-bond donors (Lipinski definition) is 2. The van der Waals surface area contributed by atoms with Crippen molar-refractivity contribution in [1.29, 1.82) is 0 Å². The van der Waals surface area contributed by atoms with Crippen LogP contribution in [-0.4, -0.2) is 38.5 Å². The lowest BCUT2D eigenvalue weighted by molar-refractivity contribution is 0.0590. The predicted molar refractivity (Wildman–Crippen MR) is 83.7 cm³/mol. The van der Waals surface area contributed by atoms with Crippen molar-refractivity contribution in [3.05, 3.63) is 48.0 Å². The third kappa shape index (κ3) is 3.30. The highest BCUT2D eigenvalue weighted by molar-refractivity contribution is 5.90. The van der Waals surface area contributed by atoms with Crippen LogP contribution >= 0.6 is 0 Å². The lowest BCUT2D eigenvalue weighted by Gasteiger charge is -2.35. The van der Waals surface area contributed by atoms with Crippen molar-refractivity contribution in [3.63, 3.8) is 0 Å². The highest BCUT2D eigenvalue weighted by Crippen LogP contribution is 2.23. The van der Waals surface area contributed by atoms with E-state index in [9.17, 15) is 9.90 Å². The van der Waals surface area contributed by atoms with E-state index < -0.39 is 0 Å². The number of carbonyl (C=O) groups is 1. The number of aryl methyl sites for hydroxylation is 1. The maximum Gasteiger partial charge on any atom is 0.289 e. The van der Waals surface area contributed by atoms with Gasteiger partial charge in [-0.15, -0.1) is 0 Å². The van der Waals surface area contributed by atoms with E-state index in [1.807, 2.05) is 17.0 Å². The number of piperidine rings is 1. The molecule has 1 atom stereocenters. The van der Waals surface area contributed by atoms with Crippen molar-refractivity contribution in [3.8, 4) is 5.75 Å². The molecule has 3 rings (SSSR count). The van der Waals surface area contributed by atoms with E-state index >= 15 is 0 Å². The van der Waals surface area contributed by atoms with E-state index in [0.29, 0.717) is 11.6 Å². The van der Waals surface area contributed by atoms with Gasteiger partial charge in [0.25, 0.3) is 5.91 Å². The molecule has 0 aliphatic carbocycles. The van der Waals surface area contributed by atoms with E-state index in [1.54, 1.807) is 24.5 Å². The summed E-state index contributed by atoms with van der Waals surface area (Å²) in [5, 5.41) is 9.54. The third-order valence-electron chi connectivity index (χ3n) is 4.27. The van der Waals surface area contributed by atoms with Gasteiger partial charge in [-0.05, 0) is 49.8 Å². The summed E-state index contributed by atoms with van der Waals surface area (Å²) >= 11 is 0. The first-order valence-electron chi connectivity index (χ1n) is 7.82. The van der Waals surface area contributed by atoms with Gasteiger partial charge in [0.05, 0.1) is 0 Å². The fourth-order valence-electron chi connectivity index (χ4n) is 3.13. The molecule has 0 radical (unpaired) electrons. The van der Waals surface area contributed by atoms with Gasteiger partial charge in [-0.25, -0.2) is 4.98 Å². The SMILES string of the molecule is O=C(c1ncc[nH]1)N1CCCCC1CCc1cccc(O)c1. The molecule has 2 N–H and O–H groups in total. The number of aromatic hydroxyl groups is 1. The number of imidazole rings is 1. The van der Waals surface area contributed by atoms with E-state index in [1.165, 1.54) is 0 Å². The fourth-order valence-corrected chi connectivity index (χ4v) is 3.13. The van der Waals surface area contributed by atoms with Crippen LogP contribution in [0.3, 0.4) is 0 Å². The highest BCUT2D eigenvalue weighted by atomic mass is 16.3. The summed E-state index contributed by atoms with van der Waals surface area (Å²) in [5.74, 6) is 0.708. The molecular formula is C17H21N3O2. The van der Waals surface area contributed by atoms with Gasteiger partial charge in [-0.1, -0.05) is 12.1 Å². The van der Waals surface area contributed by atoms with Gasteiger partial charge in [0.1, 0.15) is 5.75 Å². The molecule has 0 bridgehead atoms. The Morgan fingerprint density at radius 3 is 3.09 bits per heavy atom. The number of aromatic nitrogens is 2. The zero-order valence-corrected chi connectivity index (χ0v) is 12.5. The number of H-pyrrole nitrogens is 1. The average molecular weight is 299 g/mol. The first kappa shape index (κ1) is 14.6. The van der Waals surface area contributed by atoms with Gasteiger partial charge in [0.2, 0.25) is 0 Å². The fraction of sp³-hybridized carbons (Fsp3) is 0.412. The van der Waals surface area contributed by atoms with Crippen LogP contribution in [0.2, 0.25) is 0 Å². The van der Waals surface area contributed by atoms with Crippen LogP contribution in [0.1, 0.15) is 41.9 Å². The van der Waals surface area contributed by atoms with Gasteiger partial charge in [-0.3, -0.25) is 4.79 Å². The first-order chi connectivity index (χ1) is 10.7. The molecule has 5 heteroatoms. The number of hydrogen-bond acceptors (Lipinski definition) is 3. The summed E-state index contributed by atoms with van der Waals surface area (Å²) in [6.07, 6.45) is 8.31. The van der Waals surface area contributed by atoms with Crippen molar-refractivity contribution in [2.75, 3.05) is 6.54 Å². The number of amides is 1. The molecule has 1 aliphatic rings. The summed E-state index contributed by atoms with van der Waals surface area (Å²) in [4.78, 5) is 21.5. The third-order valence-corrected chi connectivity index (χ3v) is 4.27. The molecule has 1 aliphatic heterocycles. The van der Waals surface area contributed by atoms with Gasteiger partial charge < -0.3 is 15.0 Å². The molecule has 1 aromatic carbocycles. The second kappa shape index (κ2) is 6.64. The largest absolute Gasteiger partial charge is 0.508 e. The number of rotatable bonds is 4. The van der Waals surface area contributed by atoms with Crippen molar-refractivity contribution < 1.29 is 9.90 Å². The van der Waals surface area contributed by atoms with Crippen molar-refractivity contribution in [2.45, 2.75) is 38.1 Å². The van der Waals surface area contributed by atoms with E-state index in [2.05, 4.69) is 9.97 Å². The Morgan fingerprint density at radius 2 is 2.32 bits per heavy atom. The van der Waals surface area contributed by atoms with Gasteiger partial charge in [-0.2, -0.15) is 0 Å². The Morgan fingerprint density at radius 1 is 1.41 bits per heavy atom. The molecule has 5 nitrogen and oxygen atoms in total. The summed E-state index contributed by atoms with van der Waals surface area (Å²) < 4.78 is 0. The summed E-state index contributed by atoms with van der Waals surface area (Å²) in [6.45, 7) is 0.796. The van der Waals surface area contributed by atoms with Gasteiger partial charge >= 0.3 is 0 Å². The molecular weight excluding hydrogens is 278 g/mol. The Hall–Kier alpha value is -2.30. The van der Waals surface area contributed by atoms with E-state index in [-0.39, 0.29) is 11.9 Å². The minimum Gasteiger partial charge on any atom is -0.508 e. The maximum absolute atomic E-state index is 12.5. The Balaban J connectivity index is 1.66. The van der Waals surface area contributed by atoms with Crippen LogP contribution in [0.25, 0.3) is 0 Å². The van der Waals surface area contributed by atoms with Crippen molar-refractivity contribution in [2.24, 2.45) is 0 Å². The zero-order chi connectivity index (χ0) is 15.4. The van der Waals surface area contributed by atoms with Gasteiger partial charge in [0, 0.05) is 25.0 Å². The Labute approximate surface area is 130 Å². The van der Waals surface area contributed by atoms with Gasteiger partial charge in [0.15, 0.2) is 5.82 Å². The molecule has 2 heterocycles. The quantitative estimate of drug-likeness (QED) is 0.912.